The third-order valence-corrected chi connectivity index (χ3v) is 6.34. The summed E-state index contributed by atoms with van der Waals surface area (Å²) in [6, 6.07) is 1.10. The normalized spacial score (nSPS) is 27.9. The molecule has 0 radical (unpaired) electrons. The van der Waals surface area contributed by atoms with Gasteiger partial charge in [0.2, 0.25) is 0 Å². The second kappa shape index (κ2) is 7.33. The van der Waals surface area contributed by atoms with Gasteiger partial charge in [-0.3, -0.25) is 9.47 Å². The molecular weight excluding hydrogens is 344 g/mol. The molecule has 0 amide bonds. The summed E-state index contributed by atoms with van der Waals surface area (Å²) in [4.78, 5) is 16.0. The number of rotatable bonds is 5. The van der Waals surface area contributed by atoms with E-state index in [1.165, 1.54) is 44.9 Å². The largest absolute Gasteiger partial charge is 0.394 e. The van der Waals surface area contributed by atoms with Crippen molar-refractivity contribution >= 4 is 17.0 Å². The van der Waals surface area contributed by atoms with Crippen molar-refractivity contribution in [2.45, 2.75) is 69.4 Å². The van der Waals surface area contributed by atoms with Gasteiger partial charge < -0.3 is 15.2 Å². The number of aromatic nitrogens is 4. The SMILES string of the molecule is OC[C@@H]1CN(C2CCCC2)C[C@H](n2cnc3c(NC4CCC4)ncnc32)O1. The van der Waals surface area contributed by atoms with Crippen molar-refractivity contribution in [2.75, 3.05) is 25.0 Å². The summed E-state index contributed by atoms with van der Waals surface area (Å²) in [6.07, 6.45) is 11.8. The van der Waals surface area contributed by atoms with Gasteiger partial charge in [-0.2, -0.15) is 0 Å². The number of aliphatic hydroxyl groups excluding tert-OH is 1. The summed E-state index contributed by atoms with van der Waals surface area (Å²) < 4.78 is 8.19. The number of nitrogens with zero attached hydrogens (tertiary/aromatic N) is 5. The maximum atomic E-state index is 9.74. The van der Waals surface area contributed by atoms with E-state index in [9.17, 15) is 5.11 Å². The first kappa shape index (κ1) is 17.3. The minimum atomic E-state index is -0.187. The minimum absolute atomic E-state index is 0.0375. The Hall–Kier alpha value is -1.77. The summed E-state index contributed by atoms with van der Waals surface area (Å²) in [5.74, 6) is 0.811. The van der Waals surface area contributed by atoms with Crippen molar-refractivity contribution in [3.63, 3.8) is 0 Å². The maximum absolute atomic E-state index is 9.74. The third-order valence-electron chi connectivity index (χ3n) is 6.34. The van der Waals surface area contributed by atoms with Crippen molar-refractivity contribution in [3.05, 3.63) is 12.7 Å². The van der Waals surface area contributed by atoms with Crippen molar-refractivity contribution in [1.82, 2.24) is 24.4 Å². The van der Waals surface area contributed by atoms with E-state index in [4.69, 9.17) is 4.74 Å². The second-order valence-corrected chi connectivity index (χ2v) is 8.11. The highest BCUT2D eigenvalue weighted by molar-refractivity contribution is 5.82. The Balaban J connectivity index is 1.42. The molecule has 146 valence electrons. The number of nitrogens with one attached hydrogen (secondary N) is 1. The smallest absolute Gasteiger partial charge is 0.167 e. The molecule has 8 heteroatoms. The number of aliphatic hydroxyl groups is 1. The van der Waals surface area contributed by atoms with E-state index < -0.39 is 0 Å². The molecule has 1 saturated heterocycles. The molecule has 2 aliphatic carbocycles. The van der Waals surface area contributed by atoms with E-state index in [2.05, 4.69) is 25.2 Å². The number of ether oxygens (including phenoxy) is 1. The number of imidazole rings is 1. The van der Waals surface area contributed by atoms with Crippen LogP contribution in [-0.2, 0) is 4.74 Å². The molecule has 27 heavy (non-hydrogen) atoms. The number of anilines is 1. The summed E-state index contributed by atoms with van der Waals surface area (Å²) in [7, 11) is 0. The molecule has 3 fully saturated rings. The van der Waals surface area contributed by atoms with Gasteiger partial charge in [-0.05, 0) is 32.1 Å². The average molecular weight is 372 g/mol. The molecule has 0 bridgehead atoms. The van der Waals surface area contributed by atoms with Crippen LogP contribution in [-0.4, -0.2) is 67.4 Å². The summed E-state index contributed by atoms with van der Waals surface area (Å²) in [6.45, 7) is 1.64. The molecule has 5 rings (SSSR count). The van der Waals surface area contributed by atoms with Crippen LogP contribution in [0.25, 0.3) is 11.2 Å². The van der Waals surface area contributed by atoms with Crippen molar-refractivity contribution in [1.29, 1.82) is 0 Å². The van der Waals surface area contributed by atoms with Crippen LogP contribution < -0.4 is 5.32 Å². The van der Waals surface area contributed by atoms with E-state index in [1.807, 2.05) is 10.9 Å². The van der Waals surface area contributed by atoms with Crippen LogP contribution in [0.1, 0.15) is 51.2 Å². The average Bonchev–Trinajstić information content (AvgIpc) is 3.34. The van der Waals surface area contributed by atoms with Gasteiger partial charge in [0.05, 0.1) is 19.0 Å². The topological polar surface area (TPSA) is 88.3 Å². The lowest BCUT2D eigenvalue weighted by molar-refractivity contribution is -0.141. The zero-order chi connectivity index (χ0) is 18.2. The third kappa shape index (κ3) is 3.30. The Morgan fingerprint density at radius 2 is 1.93 bits per heavy atom. The van der Waals surface area contributed by atoms with Crippen LogP contribution in [0.4, 0.5) is 5.82 Å². The number of hydrogen-bond acceptors (Lipinski definition) is 7. The Labute approximate surface area is 159 Å². The lowest BCUT2D eigenvalue weighted by Gasteiger charge is -2.40. The minimum Gasteiger partial charge on any atom is -0.394 e. The van der Waals surface area contributed by atoms with E-state index >= 15 is 0 Å². The number of morpholine rings is 1. The first-order valence-corrected chi connectivity index (χ1v) is 10.3. The van der Waals surface area contributed by atoms with Crippen LogP contribution >= 0.6 is 0 Å². The fourth-order valence-electron chi connectivity index (χ4n) is 4.58. The van der Waals surface area contributed by atoms with Crippen LogP contribution in [0.3, 0.4) is 0 Å². The zero-order valence-electron chi connectivity index (χ0n) is 15.6. The summed E-state index contributed by atoms with van der Waals surface area (Å²) in [5, 5.41) is 13.2. The second-order valence-electron chi connectivity index (χ2n) is 8.11. The number of hydrogen-bond donors (Lipinski definition) is 2. The van der Waals surface area contributed by atoms with Crippen LogP contribution in [0.15, 0.2) is 12.7 Å². The molecule has 0 aromatic carbocycles. The Kier molecular flexibility index (Phi) is 4.71. The molecule has 8 nitrogen and oxygen atoms in total. The quantitative estimate of drug-likeness (QED) is 0.829. The van der Waals surface area contributed by atoms with Gasteiger partial charge in [0, 0.05) is 25.2 Å². The predicted molar refractivity (Wildman–Crippen MR) is 101 cm³/mol. The van der Waals surface area contributed by atoms with Crippen molar-refractivity contribution in [3.8, 4) is 0 Å². The van der Waals surface area contributed by atoms with Crippen molar-refractivity contribution < 1.29 is 9.84 Å². The van der Waals surface area contributed by atoms with E-state index in [0.717, 1.165) is 30.1 Å². The van der Waals surface area contributed by atoms with Gasteiger partial charge in [-0.25, -0.2) is 15.0 Å². The van der Waals surface area contributed by atoms with Gasteiger partial charge in [0.15, 0.2) is 17.0 Å². The van der Waals surface area contributed by atoms with E-state index in [-0.39, 0.29) is 18.9 Å². The highest BCUT2D eigenvalue weighted by atomic mass is 16.5. The molecule has 2 aromatic rings. The fraction of sp³-hybridized carbons (Fsp3) is 0.737. The molecule has 3 aliphatic rings. The first-order valence-electron chi connectivity index (χ1n) is 10.3. The van der Waals surface area contributed by atoms with Crippen molar-refractivity contribution in [2.24, 2.45) is 0 Å². The molecule has 0 spiro atoms. The lowest BCUT2D eigenvalue weighted by Crippen LogP contribution is -2.50. The Morgan fingerprint density at radius 3 is 2.67 bits per heavy atom. The predicted octanol–water partition coefficient (Wildman–Crippen LogP) is 1.92. The molecule has 2 aromatic heterocycles. The molecule has 2 N–H and O–H groups in total. The maximum Gasteiger partial charge on any atom is 0.167 e. The van der Waals surface area contributed by atoms with Gasteiger partial charge in [0.25, 0.3) is 0 Å². The van der Waals surface area contributed by atoms with Gasteiger partial charge in [-0.15, -0.1) is 0 Å². The molecule has 3 heterocycles. The highest BCUT2D eigenvalue weighted by Crippen LogP contribution is 2.31. The highest BCUT2D eigenvalue weighted by Gasteiger charge is 2.34. The molecule has 2 saturated carbocycles. The molecule has 0 unspecified atom stereocenters. The number of fused-ring (bicyclic) bond motifs is 1. The van der Waals surface area contributed by atoms with Gasteiger partial charge >= 0.3 is 0 Å². The zero-order valence-corrected chi connectivity index (χ0v) is 15.6. The van der Waals surface area contributed by atoms with Gasteiger partial charge in [-0.1, -0.05) is 12.8 Å². The lowest BCUT2D eigenvalue weighted by atomic mass is 9.93. The molecular formula is C19H28N6O2. The van der Waals surface area contributed by atoms with E-state index in [1.54, 1.807) is 6.33 Å². The Bertz CT molecular complexity index is 786. The first-order chi connectivity index (χ1) is 13.3. The standard InChI is InChI=1S/C19H28N6O2/c26-10-15-8-24(14-6-1-2-7-14)9-16(27-15)25-12-22-17-18(20-11-21-19(17)25)23-13-4-3-5-13/h11-16,26H,1-10H2,(H,20,21,23)/t15-,16+/m0/s1. The molecule has 1 aliphatic heterocycles. The van der Waals surface area contributed by atoms with Crippen LogP contribution in [0.5, 0.6) is 0 Å². The summed E-state index contributed by atoms with van der Waals surface area (Å²) >= 11 is 0. The van der Waals surface area contributed by atoms with E-state index in [0.29, 0.717) is 12.1 Å². The van der Waals surface area contributed by atoms with Crippen LogP contribution in [0.2, 0.25) is 0 Å². The molecule has 2 atom stereocenters. The van der Waals surface area contributed by atoms with Gasteiger partial charge in [0.1, 0.15) is 12.6 Å². The summed E-state index contributed by atoms with van der Waals surface area (Å²) in [5.41, 5.74) is 1.59. The monoisotopic (exact) mass is 372 g/mol. The Morgan fingerprint density at radius 1 is 1.07 bits per heavy atom. The fourth-order valence-corrected chi connectivity index (χ4v) is 4.58. The van der Waals surface area contributed by atoms with Crippen LogP contribution in [0, 0.1) is 0 Å².